The highest BCUT2D eigenvalue weighted by Gasteiger charge is 2.03. The Labute approximate surface area is 101 Å². The van der Waals surface area contributed by atoms with E-state index in [9.17, 15) is 0 Å². The molecule has 0 aliphatic carbocycles. The van der Waals surface area contributed by atoms with E-state index in [4.69, 9.17) is 0 Å². The van der Waals surface area contributed by atoms with Gasteiger partial charge in [0.05, 0.1) is 6.54 Å². The van der Waals surface area contributed by atoms with Crippen molar-refractivity contribution < 1.29 is 0 Å². The number of hydrogen-bond acceptors (Lipinski definition) is 3. The van der Waals surface area contributed by atoms with Crippen LogP contribution in [-0.2, 0) is 19.6 Å². The third kappa shape index (κ3) is 2.94. The second-order valence-electron chi connectivity index (χ2n) is 3.96. The molecule has 5 nitrogen and oxygen atoms in total. The average Bonchev–Trinajstić information content (AvgIpc) is 2.96. The van der Waals surface area contributed by atoms with E-state index >= 15 is 0 Å². The quantitative estimate of drug-likeness (QED) is 0.817. The Hall–Kier alpha value is -1.62. The van der Waals surface area contributed by atoms with E-state index in [0.717, 1.165) is 32.0 Å². The molecule has 92 valence electrons. The molecule has 0 saturated heterocycles. The minimum atomic E-state index is 0.778. The lowest BCUT2D eigenvalue weighted by molar-refractivity contribution is 0.592. The summed E-state index contributed by atoms with van der Waals surface area (Å²) < 4.78 is 4.06. The van der Waals surface area contributed by atoms with Crippen LogP contribution in [-0.4, -0.2) is 25.9 Å². The highest BCUT2D eigenvalue weighted by Crippen LogP contribution is 2.04. The van der Waals surface area contributed by atoms with Crippen LogP contribution in [0.15, 0.2) is 24.8 Å². The van der Waals surface area contributed by atoms with Crippen LogP contribution in [0, 0.1) is 0 Å². The minimum absolute atomic E-state index is 0.778. The van der Waals surface area contributed by atoms with E-state index in [0.29, 0.717) is 0 Å². The van der Waals surface area contributed by atoms with Gasteiger partial charge in [0.15, 0.2) is 0 Å². The topological polar surface area (TPSA) is 47.7 Å². The van der Waals surface area contributed by atoms with Crippen molar-refractivity contribution >= 4 is 0 Å². The zero-order valence-corrected chi connectivity index (χ0v) is 10.4. The van der Waals surface area contributed by atoms with Crippen LogP contribution in [0.25, 0.3) is 0 Å². The van der Waals surface area contributed by atoms with Crippen LogP contribution in [0.4, 0.5) is 0 Å². The summed E-state index contributed by atoms with van der Waals surface area (Å²) in [6.07, 6.45) is 5.85. The molecule has 5 heteroatoms. The molecule has 0 bridgehead atoms. The number of aryl methyl sites for hydroxylation is 1. The maximum Gasteiger partial charge on any atom is 0.146 e. The van der Waals surface area contributed by atoms with Gasteiger partial charge in [0, 0.05) is 25.5 Å². The lowest BCUT2D eigenvalue weighted by Crippen LogP contribution is -2.11. The molecule has 0 amide bonds. The molecule has 0 atom stereocenters. The molecular formula is C12H19N5. The van der Waals surface area contributed by atoms with Crippen molar-refractivity contribution in [3.05, 3.63) is 36.2 Å². The monoisotopic (exact) mass is 233 g/mol. The first-order valence-corrected chi connectivity index (χ1v) is 6.05. The molecule has 0 spiro atoms. The normalized spacial score (nSPS) is 10.9. The summed E-state index contributed by atoms with van der Waals surface area (Å²) in [4.78, 5) is 4.27. The predicted octanol–water partition coefficient (Wildman–Crippen LogP) is 1.26. The van der Waals surface area contributed by atoms with Crippen LogP contribution in [0.3, 0.4) is 0 Å². The molecule has 0 saturated carbocycles. The van der Waals surface area contributed by atoms with Crippen LogP contribution in [0.1, 0.15) is 25.2 Å². The van der Waals surface area contributed by atoms with Crippen molar-refractivity contribution in [2.45, 2.75) is 33.5 Å². The molecule has 2 aromatic rings. The predicted molar refractivity (Wildman–Crippen MR) is 66.6 cm³/mol. The van der Waals surface area contributed by atoms with Crippen molar-refractivity contribution in [2.24, 2.45) is 0 Å². The molecule has 1 N–H and O–H groups in total. The summed E-state index contributed by atoms with van der Waals surface area (Å²) in [7, 11) is 0. The zero-order valence-electron chi connectivity index (χ0n) is 10.4. The highest BCUT2D eigenvalue weighted by molar-refractivity contribution is 5.10. The van der Waals surface area contributed by atoms with Gasteiger partial charge in [-0.25, -0.2) is 9.67 Å². The lowest BCUT2D eigenvalue weighted by Gasteiger charge is -2.04. The van der Waals surface area contributed by atoms with Crippen LogP contribution in [0.2, 0.25) is 0 Å². The molecule has 17 heavy (non-hydrogen) atoms. The Balaban J connectivity index is 2.01. The van der Waals surface area contributed by atoms with E-state index in [1.54, 1.807) is 6.33 Å². The molecule has 2 rings (SSSR count). The summed E-state index contributed by atoms with van der Waals surface area (Å²) in [5.74, 6) is 0.998. The van der Waals surface area contributed by atoms with Gasteiger partial charge in [-0.3, -0.25) is 0 Å². The van der Waals surface area contributed by atoms with Crippen LogP contribution >= 0.6 is 0 Å². The maximum atomic E-state index is 4.27. The van der Waals surface area contributed by atoms with Gasteiger partial charge in [0.2, 0.25) is 0 Å². The fourth-order valence-corrected chi connectivity index (χ4v) is 1.80. The Bertz CT molecular complexity index is 457. The maximum absolute atomic E-state index is 4.27. The van der Waals surface area contributed by atoms with E-state index < -0.39 is 0 Å². The minimum Gasteiger partial charge on any atom is -0.346 e. The summed E-state index contributed by atoms with van der Waals surface area (Å²) >= 11 is 0. The first-order chi connectivity index (χ1) is 8.33. The van der Waals surface area contributed by atoms with Gasteiger partial charge >= 0.3 is 0 Å². The smallest absolute Gasteiger partial charge is 0.146 e. The van der Waals surface area contributed by atoms with Gasteiger partial charge < -0.3 is 9.88 Å². The number of rotatable bonds is 6. The second-order valence-corrected chi connectivity index (χ2v) is 3.96. The first-order valence-electron chi connectivity index (χ1n) is 6.05. The van der Waals surface area contributed by atoms with Gasteiger partial charge in [0.25, 0.3) is 0 Å². The number of nitrogens with zero attached hydrogens (tertiary/aromatic N) is 4. The Morgan fingerprint density at radius 3 is 3.00 bits per heavy atom. The van der Waals surface area contributed by atoms with Gasteiger partial charge in [-0.1, -0.05) is 6.92 Å². The lowest BCUT2D eigenvalue weighted by atomic mass is 10.3. The summed E-state index contributed by atoms with van der Waals surface area (Å²) in [5.41, 5.74) is 1.30. The van der Waals surface area contributed by atoms with Gasteiger partial charge in [-0.05, 0) is 25.1 Å². The van der Waals surface area contributed by atoms with Crippen LogP contribution in [0.5, 0.6) is 0 Å². The molecule has 0 radical (unpaired) electrons. The molecular weight excluding hydrogens is 214 g/mol. The zero-order chi connectivity index (χ0) is 12.1. The second kappa shape index (κ2) is 5.63. The Morgan fingerprint density at radius 2 is 2.24 bits per heavy atom. The Kier molecular flexibility index (Phi) is 3.93. The largest absolute Gasteiger partial charge is 0.346 e. The molecule has 0 unspecified atom stereocenters. The summed E-state index contributed by atoms with van der Waals surface area (Å²) in [6, 6.07) is 2.13. The number of nitrogens with one attached hydrogen (secondary N) is 1. The summed E-state index contributed by atoms with van der Waals surface area (Å²) in [5, 5.41) is 7.48. The highest BCUT2D eigenvalue weighted by atomic mass is 15.3. The van der Waals surface area contributed by atoms with E-state index in [1.165, 1.54) is 5.56 Å². The molecule has 0 aromatic carbocycles. The number of aromatic nitrogens is 4. The van der Waals surface area contributed by atoms with Gasteiger partial charge in [0.1, 0.15) is 12.2 Å². The number of hydrogen-bond donors (Lipinski definition) is 1. The van der Waals surface area contributed by atoms with E-state index in [1.807, 2.05) is 4.68 Å². The average molecular weight is 233 g/mol. The first kappa shape index (κ1) is 11.9. The fourth-order valence-electron chi connectivity index (χ4n) is 1.80. The van der Waals surface area contributed by atoms with Crippen molar-refractivity contribution in [2.75, 3.05) is 6.54 Å². The Morgan fingerprint density at radius 1 is 1.35 bits per heavy atom. The summed E-state index contributed by atoms with van der Waals surface area (Å²) in [6.45, 7) is 7.74. The van der Waals surface area contributed by atoms with Crippen molar-refractivity contribution in [3.8, 4) is 0 Å². The molecule has 2 heterocycles. The molecule has 2 aromatic heterocycles. The third-order valence-corrected chi connectivity index (χ3v) is 2.71. The van der Waals surface area contributed by atoms with Crippen LogP contribution < -0.4 is 5.32 Å². The van der Waals surface area contributed by atoms with Crippen molar-refractivity contribution in [3.63, 3.8) is 0 Å². The molecule has 0 aliphatic rings. The van der Waals surface area contributed by atoms with E-state index in [2.05, 4.69) is 52.3 Å². The van der Waals surface area contributed by atoms with Crippen molar-refractivity contribution in [1.82, 2.24) is 24.6 Å². The molecule has 0 aliphatic heterocycles. The fraction of sp³-hybridized carbons (Fsp3) is 0.500. The van der Waals surface area contributed by atoms with Gasteiger partial charge in [-0.15, -0.1) is 0 Å². The SMILES string of the molecule is CCNCc1ccn(Cc2ncnn2CC)c1. The van der Waals surface area contributed by atoms with Gasteiger partial charge in [-0.2, -0.15) is 5.10 Å². The van der Waals surface area contributed by atoms with Crippen molar-refractivity contribution in [1.29, 1.82) is 0 Å². The molecule has 0 fully saturated rings. The van der Waals surface area contributed by atoms with E-state index in [-0.39, 0.29) is 0 Å². The third-order valence-electron chi connectivity index (χ3n) is 2.71. The standard InChI is InChI=1S/C12H19N5/c1-3-13-7-11-5-6-16(8-11)9-12-14-10-15-17(12)4-2/h5-6,8,10,13H,3-4,7,9H2,1-2H3.